The van der Waals surface area contributed by atoms with E-state index in [0.29, 0.717) is 12.6 Å². The van der Waals surface area contributed by atoms with Crippen LogP contribution in [0.25, 0.3) is 11.0 Å². The first-order valence-electron chi connectivity index (χ1n) is 10.5. The molecule has 31 heavy (non-hydrogen) atoms. The summed E-state index contributed by atoms with van der Waals surface area (Å²) in [5.41, 5.74) is 1.64. The lowest BCUT2D eigenvalue weighted by Gasteiger charge is -2.41. The fourth-order valence-electron chi connectivity index (χ4n) is 4.50. The van der Waals surface area contributed by atoms with Crippen LogP contribution in [0.15, 0.2) is 59.0 Å². The van der Waals surface area contributed by atoms with E-state index in [4.69, 9.17) is 14.3 Å². The SMILES string of the molecule is COc1cccc([C@]2(CNS(N)(=O)=O)CC[C@@H](NCc3cc4ccccc4o3)CC2)c1. The molecule has 0 aliphatic heterocycles. The number of methoxy groups -OCH3 is 1. The maximum Gasteiger partial charge on any atom is 0.274 e. The molecule has 0 radical (unpaired) electrons. The van der Waals surface area contributed by atoms with Gasteiger partial charge in [-0.05, 0) is 55.5 Å². The molecule has 8 heteroatoms. The second kappa shape index (κ2) is 9.00. The van der Waals surface area contributed by atoms with Crippen LogP contribution < -0.4 is 19.9 Å². The monoisotopic (exact) mass is 443 g/mol. The van der Waals surface area contributed by atoms with Crippen molar-refractivity contribution in [3.8, 4) is 5.75 Å². The van der Waals surface area contributed by atoms with Crippen LogP contribution in [0.1, 0.15) is 37.0 Å². The number of fused-ring (bicyclic) bond motifs is 1. The number of para-hydroxylation sites is 1. The Labute approximate surface area is 183 Å². The molecule has 1 fully saturated rings. The van der Waals surface area contributed by atoms with Gasteiger partial charge in [-0.15, -0.1) is 0 Å². The average Bonchev–Trinajstić information content (AvgIpc) is 3.20. The molecule has 166 valence electrons. The van der Waals surface area contributed by atoms with Crippen molar-refractivity contribution < 1.29 is 17.6 Å². The number of ether oxygens (including phenoxy) is 1. The molecule has 0 bridgehead atoms. The van der Waals surface area contributed by atoms with Gasteiger partial charge in [0.15, 0.2) is 0 Å². The van der Waals surface area contributed by atoms with Crippen molar-refractivity contribution in [3.63, 3.8) is 0 Å². The average molecular weight is 444 g/mol. The van der Waals surface area contributed by atoms with E-state index in [1.807, 2.05) is 48.5 Å². The summed E-state index contributed by atoms with van der Waals surface area (Å²) in [6, 6.07) is 18.3. The van der Waals surface area contributed by atoms with Crippen molar-refractivity contribution >= 4 is 21.2 Å². The van der Waals surface area contributed by atoms with Gasteiger partial charge in [-0.3, -0.25) is 0 Å². The second-order valence-electron chi connectivity index (χ2n) is 8.28. The quantitative estimate of drug-likeness (QED) is 0.496. The summed E-state index contributed by atoms with van der Waals surface area (Å²) in [6.07, 6.45) is 3.51. The molecule has 4 N–H and O–H groups in total. The Hall–Kier alpha value is -2.39. The Balaban J connectivity index is 1.44. The standard InChI is InChI=1S/C23H29N3O4S/c1-29-20-7-4-6-18(14-20)23(16-26-31(24,27)28)11-9-19(10-12-23)25-15-21-13-17-5-2-3-8-22(17)30-21/h2-8,13-14,19,25-26H,9-12,15-16H2,1H3,(H2,24,27,28)/t19-,23-. The van der Waals surface area contributed by atoms with Crippen molar-refractivity contribution in [3.05, 3.63) is 65.9 Å². The third-order valence-electron chi connectivity index (χ3n) is 6.28. The van der Waals surface area contributed by atoms with E-state index in [0.717, 1.165) is 53.7 Å². The first-order valence-corrected chi connectivity index (χ1v) is 12.0. The van der Waals surface area contributed by atoms with Gasteiger partial charge in [0, 0.05) is 23.4 Å². The molecule has 0 spiro atoms. The van der Waals surface area contributed by atoms with Crippen LogP contribution in [-0.2, 0) is 22.2 Å². The molecular weight excluding hydrogens is 414 g/mol. The molecule has 1 heterocycles. The Kier molecular flexibility index (Phi) is 6.34. The number of hydrogen-bond donors (Lipinski definition) is 3. The molecule has 0 saturated heterocycles. The van der Waals surface area contributed by atoms with Gasteiger partial charge < -0.3 is 14.5 Å². The van der Waals surface area contributed by atoms with Crippen molar-refractivity contribution in [2.75, 3.05) is 13.7 Å². The molecule has 1 aliphatic rings. The van der Waals surface area contributed by atoms with Gasteiger partial charge in [-0.25, -0.2) is 9.86 Å². The number of rotatable bonds is 8. The van der Waals surface area contributed by atoms with Gasteiger partial charge >= 0.3 is 0 Å². The highest BCUT2D eigenvalue weighted by molar-refractivity contribution is 7.87. The maximum absolute atomic E-state index is 11.6. The van der Waals surface area contributed by atoms with Crippen LogP contribution in [0, 0.1) is 0 Å². The lowest BCUT2D eigenvalue weighted by molar-refractivity contribution is 0.242. The number of hydrogen-bond acceptors (Lipinski definition) is 5. The van der Waals surface area contributed by atoms with Gasteiger partial charge in [0.2, 0.25) is 0 Å². The summed E-state index contributed by atoms with van der Waals surface area (Å²) in [6.45, 7) is 0.941. The Bertz CT molecular complexity index is 1100. The van der Waals surface area contributed by atoms with Crippen molar-refractivity contribution in [2.45, 2.75) is 43.7 Å². The van der Waals surface area contributed by atoms with Gasteiger partial charge in [0.05, 0.1) is 13.7 Å². The van der Waals surface area contributed by atoms with Crippen molar-refractivity contribution in [2.24, 2.45) is 5.14 Å². The highest BCUT2D eigenvalue weighted by atomic mass is 32.2. The molecule has 1 saturated carbocycles. The number of furan rings is 1. The van der Waals surface area contributed by atoms with E-state index in [-0.39, 0.29) is 12.0 Å². The molecule has 7 nitrogen and oxygen atoms in total. The molecule has 0 amide bonds. The van der Waals surface area contributed by atoms with Gasteiger partial charge in [-0.2, -0.15) is 8.42 Å². The first-order chi connectivity index (χ1) is 14.9. The second-order valence-corrected chi connectivity index (χ2v) is 9.66. The fourth-order valence-corrected chi connectivity index (χ4v) is 4.98. The fraction of sp³-hybridized carbons (Fsp3) is 0.391. The van der Waals surface area contributed by atoms with E-state index < -0.39 is 10.2 Å². The third kappa shape index (κ3) is 5.27. The minimum atomic E-state index is -3.77. The predicted molar refractivity (Wildman–Crippen MR) is 121 cm³/mol. The molecule has 1 aromatic heterocycles. The van der Waals surface area contributed by atoms with Crippen LogP contribution >= 0.6 is 0 Å². The van der Waals surface area contributed by atoms with Crippen LogP contribution in [0.4, 0.5) is 0 Å². The minimum Gasteiger partial charge on any atom is -0.497 e. The first kappa shape index (κ1) is 21.8. The minimum absolute atomic E-state index is 0.273. The third-order valence-corrected chi connectivity index (χ3v) is 6.82. The summed E-state index contributed by atoms with van der Waals surface area (Å²) in [5.74, 6) is 1.68. The lowest BCUT2D eigenvalue weighted by Crippen LogP contribution is -2.47. The Morgan fingerprint density at radius 2 is 1.90 bits per heavy atom. The van der Waals surface area contributed by atoms with E-state index >= 15 is 0 Å². The van der Waals surface area contributed by atoms with Crippen molar-refractivity contribution in [1.82, 2.24) is 10.0 Å². The van der Waals surface area contributed by atoms with Crippen LogP contribution in [0.3, 0.4) is 0 Å². The summed E-state index contributed by atoms with van der Waals surface area (Å²) in [5, 5.41) is 9.94. The number of benzene rings is 2. The van der Waals surface area contributed by atoms with Crippen LogP contribution in [-0.4, -0.2) is 28.1 Å². The zero-order valence-electron chi connectivity index (χ0n) is 17.6. The van der Waals surface area contributed by atoms with Crippen LogP contribution in [0.2, 0.25) is 0 Å². The summed E-state index contributed by atoms with van der Waals surface area (Å²) in [7, 11) is -2.13. The molecule has 1 aliphatic carbocycles. The van der Waals surface area contributed by atoms with E-state index in [2.05, 4.69) is 16.1 Å². The number of nitrogens with one attached hydrogen (secondary N) is 2. The molecule has 2 aromatic carbocycles. The van der Waals surface area contributed by atoms with E-state index in [1.54, 1.807) is 7.11 Å². The molecule has 4 rings (SSSR count). The Morgan fingerprint density at radius 1 is 1.13 bits per heavy atom. The van der Waals surface area contributed by atoms with Crippen molar-refractivity contribution in [1.29, 1.82) is 0 Å². The van der Waals surface area contributed by atoms with Gasteiger partial charge in [0.1, 0.15) is 17.1 Å². The lowest BCUT2D eigenvalue weighted by atomic mass is 9.68. The highest BCUT2D eigenvalue weighted by Gasteiger charge is 2.37. The van der Waals surface area contributed by atoms with E-state index in [9.17, 15) is 8.42 Å². The molecule has 0 unspecified atom stereocenters. The topological polar surface area (TPSA) is 107 Å². The van der Waals surface area contributed by atoms with Gasteiger partial charge in [-0.1, -0.05) is 30.3 Å². The van der Waals surface area contributed by atoms with Gasteiger partial charge in [0.25, 0.3) is 10.2 Å². The summed E-state index contributed by atoms with van der Waals surface area (Å²) >= 11 is 0. The number of nitrogens with two attached hydrogens (primary N) is 1. The summed E-state index contributed by atoms with van der Waals surface area (Å²) in [4.78, 5) is 0. The Morgan fingerprint density at radius 3 is 2.61 bits per heavy atom. The largest absolute Gasteiger partial charge is 0.497 e. The molecule has 3 aromatic rings. The normalized spacial score (nSPS) is 21.9. The smallest absolute Gasteiger partial charge is 0.274 e. The maximum atomic E-state index is 11.6. The van der Waals surface area contributed by atoms with E-state index in [1.165, 1.54) is 0 Å². The predicted octanol–water partition coefficient (Wildman–Crippen LogP) is 3.20. The zero-order valence-corrected chi connectivity index (χ0v) is 18.5. The molecule has 0 atom stereocenters. The van der Waals surface area contributed by atoms with Crippen LogP contribution in [0.5, 0.6) is 5.75 Å². The molecular formula is C23H29N3O4S. The highest BCUT2D eigenvalue weighted by Crippen LogP contribution is 2.40. The summed E-state index contributed by atoms with van der Waals surface area (Å²) < 4.78 is 37.0. The zero-order chi connectivity index (χ0) is 21.9.